The second-order valence-electron chi connectivity index (χ2n) is 7.41. The Balaban J connectivity index is 1.72. The van der Waals surface area contributed by atoms with Gasteiger partial charge in [-0.05, 0) is 33.3 Å². The molecule has 2 aliphatic heterocycles. The van der Waals surface area contributed by atoms with Crippen LogP contribution in [0.15, 0.2) is 24.5 Å². The summed E-state index contributed by atoms with van der Waals surface area (Å²) in [7, 11) is 2.03. The van der Waals surface area contributed by atoms with Crippen molar-refractivity contribution in [2.75, 3.05) is 32.1 Å². The van der Waals surface area contributed by atoms with E-state index in [0.717, 1.165) is 18.7 Å². The number of ether oxygens (including phenoxy) is 1. The van der Waals surface area contributed by atoms with Gasteiger partial charge in [0, 0.05) is 38.1 Å². The maximum absolute atomic E-state index is 12.8. The van der Waals surface area contributed by atoms with E-state index in [2.05, 4.69) is 35.6 Å². The Morgan fingerprint density at radius 2 is 2.29 bits per heavy atom. The van der Waals surface area contributed by atoms with Crippen molar-refractivity contribution in [1.82, 2.24) is 14.8 Å². The molecule has 0 spiro atoms. The van der Waals surface area contributed by atoms with Crippen LogP contribution in [-0.4, -0.2) is 59.0 Å². The minimum absolute atomic E-state index is 0.0105. The second-order valence-corrected chi connectivity index (χ2v) is 7.41. The van der Waals surface area contributed by atoms with Gasteiger partial charge in [0.1, 0.15) is 6.61 Å². The topological polar surface area (TPSA) is 57.7 Å². The van der Waals surface area contributed by atoms with E-state index in [4.69, 9.17) is 4.74 Å². The van der Waals surface area contributed by atoms with Crippen molar-refractivity contribution in [1.29, 1.82) is 0 Å². The molecular weight excluding hydrogens is 304 g/mol. The van der Waals surface area contributed by atoms with Gasteiger partial charge in [-0.1, -0.05) is 6.58 Å². The summed E-state index contributed by atoms with van der Waals surface area (Å²) in [5, 5.41) is 3.33. The lowest BCUT2D eigenvalue weighted by atomic mass is 10.1. The number of likely N-dealkylation sites (N-methyl/N-ethyl adjacent to an activating group) is 1. The van der Waals surface area contributed by atoms with Crippen LogP contribution in [0.1, 0.15) is 37.6 Å². The lowest BCUT2D eigenvalue weighted by molar-refractivity contribution is 0.0782. The number of nitrogens with one attached hydrogen (secondary N) is 1. The number of fused-ring (bicyclic) bond motifs is 1. The predicted molar refractivity (Wildman–Crippen MR) is 94.3 cm³/mol. The summed E-state index contributed by atoms with van der Waals surface area (Å²) in [6.45, 7) is 12.1. The Labute approximate surface area is 143 Å². The molecule has 1 aromatic rings. The summed E-state index contributed by atoms with van der Waals surface area (Å²) in [5.41, 5.74) is 1.45. The van der Waals surface area contributed by atoms with Gasteiger partial charge in [-0.3, -0.25) is 4.79 Å². The molecule has 3 heterocycles. The monoisotopic (exact) mass is 330 g/mol. The van der Waals surface area contributed by atoms with E-state index >= 15 is 0 Å². The van der Waals surface area contributed by atoms with Gasteiger partial charge in [-0.2, -0.15) is 0 Å². The number of carbonyl (C=O) groups is 1. The first-order valence-corrected chi connectivity index (χ1v) is 8.35. The van der Waals surface area contributed by atoms with Crippen LogP contribution in [0.2, 0.25) is 0 Å². The van der Waals surface area contributed by atoms with Crippen molar-refractivity contribution in [2.45, 2.75) is 38.8 Å². The first-order valence-electron chi connectivity index (χ1n) is 8.35. The SMILES string of the molecule is C=C(C)N(C)[C@H]1CCN(C(=O)c2cnc3c(c2)OCC(C)(C)N3)C1. The molecule has 130 valence electrons. The first-order chi connectivity index (χ1) is 11.3. The molecule has 6 heteroatoms. The number of aromatic nitrogens is 1. The number of hydrogen-bond acceptors (Lipinski definition) is 5. The third-order valence-electron chi connectivity index (χ3n) is 4.75. The van der Waals surface area contributed by atoms with Crippen LogP contribution in [0.3, 0.4) is 0 Å². The summed E-state index contributed by atoms with van der Waals surface area (Å²) in [6, 6.07) is 2.12. The Morgan fingerprint density at radius 1 is 1.54 bits per heavy atom. The Kier molecular flexibility index (Phi) is 4.15. The number of allylic oxidation sites excluding steroid dienone is 1. The fraction of sp³-hybridized carbons (Fsp3) is 0.556. The maximum atomic E-state index is 12.8. The normalized spacial score (nSPS) is 21.5. The summed E-state index contributed by atoms with van der Waals surface area (Å²) >= 11 is 0. The fourth-order valence-electron chi connectivity index (χ4n) is 3.12. The van der Waals surface area contributed by atoms with E-state index in [1.165, 1.54) is 0 Å². The van der Waals surface area contributed by atoms with Crippen LogP contribution in [0.4, 0.5) is 5.82 Å². The van der Waals surface area contributed by atoms with Crippen molar-refractivity contribution >= 4 is 11.7 Å². The largest absolute Gasteiger partial charge is 0.487 e. The molecule has 2 aliphatic rings. The van der Waals surface area contributed by atoms with Gasteiger partial charge in [-0.25, -0.2) is 4.98 Å². The molecule has 0 unspecified atom stereocenters. The summed E-state index contributed by atoms with van der Waals surface area (Å²) in [5.74, 6) is 1.36. The molecule has 1 fully saturated rings. The summed E-state index contributed by atoms with van der Waals surface area (Å²) in [6.07, 6.45) is 2.59. The van der Waals surface area contributed by atoms with E-state index in [1.807, 2.05) is 18.9 Å². The molecule has 24 heavy (non-hydrogen) atoms. The van der Waals surface area contributed by atoms with Gasteiger partial charge in [0.25, 0.3) is 5.91 Å². The van der Waals surface area contributed by atoms with Gasteiger partial charge < -0.3 is 19.9 Å². The number of hydrogen-bond donors (Lipinski definition) is 1. The van der Waals surface area contributed by atoms with Crippen molar-refractivity contribution in [3.8, 4) is 5.75 Å². The molecule has 1 amide bonds. The van der Waals surface area contributed by atoms with Gasteiger partial charge in [0.15, 0.2) is 11.6 Å². The molecule has 6 nitrogen and oxygen atoms in total. The van der Waals surface area contributed by atoms with Gasteiger partial charge in [0.05, 0.1) is 11.1 Å². The summed E-state index contributed by atoms with van der Waals surface area (Å²) in [4.78, 5) is 21.2. The molecule has 0 aromatic carbocycles. The molecule has 0 radical (unpaired) electrons. The highest BCUT2D eigenvalue weighted by molar-refractivity contribution is 5.95. The molecule has 1 saturated heterocycles. The molecule has 0 saturated carbocycles. The third kappa shape index (κ3) is 3.18. The van der Waals surface area contributed by atoms with Crippen LogP contribution < -0.4 is 10.1 Å². The lowest BCUT2D eigenvalue weighted by Gasteiger charge is -2.33. The minimum atomic E-state index is -0.152. The zero-order chi connectivity index (χ0) is 17.5. The highest BCUT2D eigenvalue weighted by Gasteiger charge is 2.31. The van der Waals surface area contributed by atoms with E-state index in [0.29, 0.717) is 36.3 Å². The van der Waals surface area contributed by atoms with Crippen molar-refractivity contribution < 1.29 is 9.53 Å². The number of anilines is 1. The highest BCUT2D eigenvalue weighted by atomic mass is 16.5. The highest BCUT2D eigenvalue weighted by Crippen LogP contribution is 2.31. The zero-order valence-electron chi connectivity index (χ0n) is 14.9. The van der Waals surface area contributed by atoms with E-state index in [-0.39, 0.29) is 11.4 Å². The number of pyridine rings is 1. The van der Waals surface area contributed by atoms with Crippen LogP contribution in [-0.2, 0) is 0 Å². The van der Waals surface area contributed by atoms with E-state index < -0.39 is 0 Å². The average Bonchev–Trinajstić information content (AvgIpc) is 3.01. The van der Waals surface area contributed by atoms with Gasteiger partial charge in [0.2, 0.25) is 0 Å². The fourth-order valence-corrected chi connectivity index (χ4v) is 3.12. The molecule has 1 N–H and O–H groups in total. The lowest BCUT2D eigenvalue weighted by Crippen LogP contribution is -2.41. The molecule has 1 atom stereocenters. The quantitative estimate of drug-likeness (QED) is 0.922. The van der Waals surface area contributed by atoms with E-state index in [9.17, 15) is 4.79 Å². The standard InChI is InChI=1S/C18H26N4O2/c1-12(2)21(5)14-6-7-22(10-14)17(23)13-8-15-16(19-9-13)20-18(3,4)11-24-15/h8-9,14H,1,6-7,10-11H2,2-5H3,(H,19,20)/t14-/m0/s1. The number of rotatable bonds is 3. The molecular formula is C18H26N4O2. The molecule has 1 aromatic heterocycles. The minimum Gasteiger partial charge on any atom is -0.487 e. The number of nitrogens with zero attached hydrogens (tertiary/aromatic N) is 3. The van der Waals surface area contributed by atoms with Crippen molar-refractivity contribution in [3.63, 3.8) is 0 Å². The van der Waals surface area contributed by atoms with Gasteiger partial charge >= 0.3 is 0 Å². The molecule has 3 rings (SSSR count). The Bertz CT molecular complexity index is 671. The van der Waals surface area contributed by atoms with Crippen LogP contribution >= 0.6 is 0 Å². The smallest absolute Gasteiger partial charge is 0.255 e. The Hall–Kier alpha value is -2.24. The van der Waals surface area contributed by atoms with Gasteiger partial charge in [-0.15, -0.1) is 0 Å². The first kappa shape index (κ1) is 16.6. The number of amides is 1. The third-order valence-corrected chi connectivity index (χ3v) is 4.75. The van der Waals surface area contributed by atoms with Crippen molar-refractivity contribution in [3.05, 3.63) is 30.1 Å². The maximum Gasteiger partial charge on any atom is 0.255 e. The second kappa shape index (κ2) is 6.00. The molecule has 0 bridgehead atoms. The van der Waals surface area contributed by atoms with Crippen LogP contribution in [0.25, 0.3) is 0 Å². The predicted octanol–water partition coefficient (Wildman–Crippen LogP) is 2.34. The number of carbonyl (C=O) groups excluding carboxylic acids is 1. The van der Waals surface area contributed by atoms with Crippen LogP contribution in [0, 0.1) is 0 Å². The molecule has 0 aliphatic carbocycles. The Morgan fingerprint density at radius 3 is 3.00 bits per heavy atom. The average molecular weight is 330 g/mol. The van der Waals surface area contributed by atoms with E-state index in [1.54, 1.807) is 12.3 Å². The van der Waals surface area contributed by atoms with Crippen LogP contribution in [0.5, 0.6) is 5.75 Å². The van der Waals surface area contributed by atoms with Crippen molar-refractivity contribution in [2.24, 2.45) is 0 Å². The summed E-state index contributed by atoms with van der Waals surface area (Å²) < 4.78 is 5.77. The number of likely N-dealkylation sites (tertiary alicyclic amines) is 1. The zero-order valence-corrected chi connectivity index (χ0v) is 14.9.